The molecule has 50 valence electrons. The minimum absolute atomic E-state index is 0. The Hall–Kier alpha value is 0.0800. The van der Waals surface area contributed by atoms with Gasteiger partial charge in [0.25, 0.3) is 0 Å². The Morgan fingerprint density at radius 3 is 1.88 bits per heavy atom. The predicted octanol–water partition coefficient (Wildman–Crippen LogP) is 1.68. The number of H-pyrrole nitrogens is 1. The first-order valence-electron chi connectivity index (χ1n) is 1.43. The molecule has 0 unspecified atom stereocenters. The minimum atomic E-state index is 0. The molecule has 0 spiro atoms. The van der Waals surface area contributed by atoms with Gasteiger partial charge in [0.1, 0.15) is 0 Å². The van der Waals surface area contributed by atoms with Gasteiger partial charge >= 0.3 is 0 Å². The van der Waals surface area contributed by atoms with Crippen molar-refractivity contribution in [2.24, 2.45) is 0 Å². The molecule has 0 saturated carbocycles. The SMILES string of the molecule is Cl.Cl.Cl.c1c[nH]cn1. The number of halogens is 3. The van der Waals surface area contributed by atoms with Crippen molar-refractivity contribution < 1.29 is 0 Å². The monoisotopic (exact) mass is 176 g/mol. The minimum Gasteiger partial charge on any atom is -0.351 e. The molecule has 5 heteroatoms. The molecule has 1 rings (SSSR count). The Morgan fingerprint density at radius 2 is 1.75 bits per heavy atom. The van der Waals surface area contributed by atoms with Crippen LogP contribution in [0.25, 0.3) is 0 Å². The number of hydrogen-bond donors (Lipinski definition) is 1. The number of rotatable bonds is 0. The summed E-state index contributed by atoms with van der Waals surface area (Å²) in [5, 5.41) is 0. The third-order valence-corrected chi connectivity index (χ3v) is 0.406. The Bertz CT molecular complexity index is 69.0. The molecule has 8 heavy (non-hydrogen) atoms. The quantitative estimate of drug-likeness (QED) is 0.642. The summed E-state index contributed by atoms with van der Waals surface area (Å²) >= 11 is 0. The number of hydrogen-bond acceptors (Lipinski definition) is 1. The van der Waals surface area contributed by atoms with Gasteiger partial charge in [0, 0.05) is 12.4 Å². The Kier molecular flexibility index (Phi) is 19.9. The molecular weight excluding hydrogens is 170 g/mol. The van der Waals surface area contributed by atoms with E-state index < -0.39 is 0 Å². The fourth-order valence-corrected chi connectivity index (χ4v) is 0.215. The average Bonchev–Trinajstić information content (AvgIpc) is 1.76. The highest BCUT2D eigenvalue weighted by Gasteiger charge is 1.56. The van der Waals surface area contributed by atoms with Gasteiger partial charge in [-0.3, -0.25) is 0 Å². The van der Waals surface area contributed by atoms with Crippen LogP contribution in [0.5, 0.6) is 0 Å². The Balaban J connectivity index is -0.0000000833. The van der Waals surface area contributed by atoms with E-state index in [1.165, 1.54) is 0 Å². The third kappa shape index (κ3) is 6.08. The first kappa shape index (κ1) is 15.7. The summed E-state index contributed by atoms with van der Waals surface area (Å²) in [6.07, 6.45) is 5.08. The van der Waals surface area contributed by atoms with E-state index in [0.717, 1.165) is 0 Å². The number of imidazole rings is 1. The maximum absolute atomic E-state index is 3.67. The van der Waals surface area contributed by atoms with E-state index in [2.05, 4.69) is 9.97 Å². The molecule has 0 bridgehead atoms. The van der Waals surface area contributed by atoms with Crippen LogP contribution in [0.15, 0.2) is 18.7 Å². The first-order valence-corrected chi connectivity index (χ1v) is 1.43. The van der Waals surface area contributed by atoms with E-state index in [1.54, 1.807) is 18.7 Å². The molecule has 0 saturated heterocycles. The molecule has 0 aliphatic rings. The molecule has 0 radical (unpaired) electrons. The van der Waals surface area contributed by atoms with Crippen LogP contribution in [-0.4, -0.2) is 9.97 Å². The van der Waals surface area contributed by atoms with E-state index in [9.17, 15) is 0 Å². The van der Waals surface area contributed by atoms with Gasteiger partial charge in [0.15, 0.2) is 0 Å². The van der Waals surface area contributed by atoms with Gasteiger partial charge in [-0.1, -0.05) is 0 Å². The highest BCUT2D eigenvalue weighted by molar-refractivity contribution is 5.86. The van der Waals surface area contributed by atoms with Gasteiger partial charge in [-0.05, 0) is 0 Å². The molecule has 0 amide bonds. The molecule has 1 aromatic heterocycles. The largest absolute Gasteiger partial charge is 0.351 e. The van der Waals surface area contributed by atoms with Crippen molar-refractivity contribution in [1.29, 1.82) is 0 Å². The molecule has 0 atom stereocenters. The molecule has 0 fully saturated rings. The third-order valence-electron chi connectivity index (χ3n) is 0.406. The molecule has 2 nitrogen and oxygen atoms in total. The molecule has 0 aromatic carbocycles. The summed E-state index contributed by atoms with van der Waals surface area (Å²) in [7, 11) is 0. The summed E-state index contributed by atoms with van der Waals surface area (Å²) in [5.74, 6) is 0. The average molecular weight is 177 g/mol. The molecule has 1 N–H and O–H groups in total. The number of aromatic amines is 1. The van der Waals surface area contributed by atoms with Crippen molar-refractivity contribution in [2.45, 2.75) is 0 Å². The van der Waals surface area contributed by atoms with E-state index in [1.807, 2.05) is 0 Å². The van der Waals surface area contributed by atoms with Crippen molar-refractivity contribution >= 4 is 37.2 Å². The standard InChI is InChI=1S/C3H4N2.3ClH/c1-2-5-3-4-1;;;/h1-3H,(H,4,5);3*1H. The van der Waals surface area contributed by atoms with E-state index >= 15 is 0 Å². The van der Waals surface area contributed by atoms with Crippen LogP contribution in [-0.2, 0) is 0 Å². The van der Waals surface area contributed by atoms with Crippen molar-refractivity contribution in [3.05, 3.63) is 18.7 Å². The van der Waals surface area contributed by atoms with Gasteiger partial charge in [-0.15, -0.1) is 37.2 Å². The summed E-state index contributed by atoms with van der Waals surface area (Å²) < 4.78 is 0. The van der Waals surface area contributed by atoms with Crippen molar-refractivity contribution in [2.75, 3.05) is 0 Å². The summed E-state index contributed by atoms with van der Waals surface area (Å²) in [6, 6.07) is 0. The molecule has 1 heterocycles. The van der Waals surface area contributed by atoms with Gasteiger partial charge in [0.05, 0.1) is 6.33 Å². The second-order valence-corrected chi connectivity index (χ2v) is 0.761. The molecule has 1 aromatic rings. The highest BCUT2D eigenvalue weighted by Crippen LogP contribution is 1.62. The highest BCUT2D eigenvalue weighted by atomic mass is 35.5. The maximum Gasteiger partial charge on any atom is 0.0919 e. The predicted molar refractivity (Wildman–Crippen MR) is 40.3 cm³/mol. The maximum atomic E-state index is 3.67. The lowest BCUT2D eigenvalue weighted by atomic mass is 11.0. The topological polar surface area (TPSA) is 28.7 Å². The van der Waals surface area contributed by atoms with Gasteiger partial charge in [-0.25, -0.2) is 4.98 Å². The van der Waals surface area contributed by atoms with Gasteiger partial charge in [-0.2, -0.15) is 0 Å². The van der Waals surface area contributed by atoms with Crippen LogP contribution in [0.3, 0.4) is 0 Å². The van der Waals surface area contributed by atoms with Crippen LogP contribution in [0.1, 0.15) is 0 Å². The molecule has 0 aliphatic heterocycles. The van der Waals surface area contributed by atoms with Crippen molar-refractivity contribution in [1.82, 2.24) is 9.97 Å². The summed E-state index contributed by atoms with van der Waals surface area (Å²) in [6.45, 7) is 0. The van der Waals surface area contributed by atoms with E-state index in [-0.39, 0.29) is 37.2 Å². The van der Waals surface area contributed by atoms with E-state index in [0.29, 0.717) is 0 Å². The van der Waals surface area contributed by atoms with Crippen LogP contribution < -0.4 is 0 Å². The zero-order chi connectivity index (χ0) is 3.54. The zero-order valence-corrected chi connectivity index (χ0v) is 6.35. The normalized spacial score (nSPS) is 5.00. The summed E-state index contributed by atoms with van der Waals surface area (Å²) in [4.78, 5) is 6.42. The Morgan fingerprint density at radius 1 is 1.12 bits per heavy atom. The van der Waals surface area contributed by atoms with Gasteiger partial charge < -0.3 is 4.98 Å². The lowest BCUT2D eigenvalue weighted by molar-refractivity contribution is 1.31. The lowest BCUT2D eigenvalue weighted by Crippen LogP contribution is -1.44. The van der Waals surface area contributed by atoms with Crippen LogP contribution in [0, 0.1) is 0 Å². The Labute approximate surface area is 66.3 Å². The number of aromatic nitrogens is 2. The second kappa shape index (κ2) is 10.1. The zero-order valence-electron chi connectivity index (χ0n) is 3.90. The molecule has 0 aliphatic carbocycles. The van der Waals surface area contributed by atoms with Gasteiger partial charge in [0.2, 0.25) is 0 Å². The smallest absolute Gasteiger partial charge is 0.0919 e. The van der Waals surface area contributed by atoms with Crippen molar-refractivity contribution in [3.8, 4) is 0 Å². The van der Waals surface area contributed by atoms with Crippen LogP contribution in [0.2, 0.25) is 0 Å². The first-order chi connectivity index (χ1) is 2.50. The fourth-order valence-electron chi connectivity index (χ4n) is 0.215. The number of nitrogens with zero attached hydrogens (tertiary/aromatic N) is 1. The van der Waals surface area contributed by atoms with Crippen molar-refractivity contribution in [3.63, 3.8) is 0 Å². The molecular formula is C3H7Cl3N2. The van der Waals surface area contributed by atoms with Crippen LogP contribution >= 0.6 is 37.2 Å². The summed E-state index contributed by atoms with van der Waals surface area (Å²) in [5.41, 5.74) is 0. The van der Waals surface area contributed by atoms with Crippen LogP contribution in [0.4, 0.5) is 0 Å². The lowest BCUT2D eigenvalue weighted by Gasteiger charge is -1.46. The van der Waals surface area contributed by atoms with E-state index in [4.69, 9.17) is 0 Å². The second-order valence-electron chi connectivity index (χ2n) is 0.761. The number of nitrogens with one attached hydrogen (secondary N) is 1. The fraction of sp³-hybridized carbons (Fsp3) is 0.